The molecule has 3 rings (SSSR count). The summed E-state index contributed by atoms with van der Waals surface area (Å²) in [5.41, 5.74) is 7.14. The van der Waals surface area contributed by atoms with Crippen LogP contribution in [-0.4, -0.2) is 0 Å². The van der Waals surface area contributed by atoms with Crippen LogP contribution in [0, 0.1) is 0 Å². The first kappa shape index (κ1) is 8.72. The van der Waals surface area contributed by atoms with Crippen LogP contribution in [0.5, 0.6) is 0 Å². The molecule has 2 aliphatic rings. The smallest absolute Gasteiger partial charge is 0.0181 e. The molecule has 1 aromatic carbocycles. The van der Waals surface area contributed by atoms with E-state index >= 15 is 0 Å². The second kappa shape index (κ2) is 3.23. The summed E-state index contributed by atoms with van der Waals surface area (Å²) in [5, 5.41) is 0. The van der Waals surface area contributed by atoms with Gasteiger partial charge in [-0.3, -0.25) is 0 Å². The summed E-state index contributed by atoms with van der Waals surface area (Å²) in [4.78, 5) is 0. The minimum Gasteiger partial charge on any atom is -0.0724 e. The monoisotopic (exact) mass is 194 g/mol. The summed E-state index contributed by atoms with van der Waals surface area (Å²) in [6, 6.07) is 6.82. The van der Waals surface area contributed by atoms with Crippen LogP contribution in [0.1, 0.15) is 30.0 Å². The number of hydrogen-bond acceptors (Lipinski definition) is 0. The van der Waals surface area contributed by atoms with E-state index < -0.39 is 0 Å². The molecule has 0 amide bonds. The van der Waals surface area contributed by atoms with E-state index in [1.54, 1.807) is 0 Å². The molecule has 0 fully saturated rings. The van der Waals surface area contributed by atoms with Gasteiger partial charge in [-0.15, -0.1) is 0 Å². The standard InChI is InChI=1S/C15H14/c1-11-5-6-15-10-14(12-3-2-4-12)8-7-13(15)9-11/h2-4,7-10H,5-6H2,1H3. The zero-order valence-electron chi connectivity index (χ0n) is 8.96. The highest BCUT2D eigenvalue weighted by Gasteiger charge is 2.10. The van der Waals surface area contributed by atoms with Crippen molar-refractivity contribution >= 4 is 11.6 Å². The number of benzene rings is 1. The molecule has 74 valence electrons. The van der Waals surface area contributed by atoms with Crippen molar-refractivity contribution in [2.45, 2.75) is 19.8 Å². The Morgan fingerprint density at radius 2 is 2.00 bits per heavy atom. The van der Waals surface area contributed by atoms with E-state index in [1.165, 1.54) is 40.7 Å². The van der Waals surface area contributed by atoms with E-state index in [0.29, 0.717) is 0 Å². The molecule has 0 aliphatic heterocycles. The van der Waals surface area contributed by atoms with E-state index in [9.17, 15) is 0 Å². The molecular weight excluding hydrogens is 180 g/mol. The Morgan fingerprint density at radius 3 is 2.73 bits per heavy atom. The van der Waals surface area contributed by atoms with Crippen LogP contribution in [0.3, 0.4) is 0 Å². The number of allylic oxidation sites excluding steroid dienone is 5. The summed E-state index contributed by atoms with van der Waals surface area (Å²) in [6.45, 7) is 2.22. The first-order valence-electron chi connectivity index (χ1n) is 5.52. The van der Waals surface area contributed by atoms with Gasteiger partial charge in [0, 0.05) is 0 Å². The first-order chi connectivity index (χ1) is 7.33. The molecule has 0 atom stereocenters. The van der Waals surface area contributed by atoms with Crippen molar-refractivity contribution in [2.75, 3.05) is 0 Å². The van der Waals surface area contributed by atoms with Crippen LogP contribution in [-0.2, 0) is 6.42 Å². The third kappa shape index (κ3) is 1.46. The molecule has 15 heavy (non-hydrogen) atoms. The molecular formula is C15H14. The van der Waals surface area contributed by atoms with Gasteiger partial charge in [0.2, 0.25) is 0 Å². The van der Waals surface area contributed by atoms with Gasteiger partial charge in [-0.1, -0.05) is 48.1 Å². The second-order valence-electron chi connectivity index (χ2n) is 4.39. The Hall–Kier alpha value is -1.56. The second-order valence-corrected chi connectivity index (χ2v) is 4.39. The number of fused-ring (bicyclic) bond motifs is 1. The van der Waals surface area contributed by atoms with Crippen molar-refractivity contribution in [1.82, 2.24) is 0 Å². The molecule has 1 aromatic rings. The molecule has 0 aromatic heterocycles. The van der Waals surface area contributed by atoms with Crippen molar-refractivity contribution in [3.05, 3.63) is 58.7 Å². The predicted molar refractivity (Wildman–Crippen MR) is 65.5 cm³/mol. The lowest BCUT2D eigenvalue weighted by atomic mass is 9.89. The maximum atomic E-state index is 2.34. The summed E-state index contributed by atoms with van der Waals surface area (Å²) in [7, 11) is 0. The Morgan fingerprint density at radius 1 is 1.13 bits per heavy atom. The lowest BCUT2D eigenvalue weighted by Gasteiger charge is -2.16. The predicted octanol–water partition coefficient (Wildman–Crippen LogP) is 3.99. The van der Waals surface area contributed by atoms with Crippen LogP contribution in [0.25, 0.3) is 11.6 Å². The third-order valence-electron chi connectivity index (χ3n) is 3.22. The van der Waals surface area contributed by atoms with Gasteiger partial charge in [0.15, 0.2) is 0 Å². The Bertz CT molecular complexity index is 499. The quantitative estimate of drug-likeness (QED) is 0.634. The van der Waals surface area contributed by atoms with Gasteiger partial charge in [0.05, 0.1) is 0 Å². The molecule has 0 saturated heterocycles. The van der Waals surface area contributed by atoms with Crippen molar-refractivity contribution in [1.29, 1.82) is 0 Å². The molecule has 0 nitrogen and oxygen atoms in total. The highest BCUT2D eigenvalue weighted by atomic mass is 14.1. The van der Waals surface area contributed by atoms with Gasteiger partial charge in [-0.25, -0.2) is 0 Å². The van der Waals surface area contributed by atoms with Crippen LogP contribution in [0.15, 0.2) is 42.0 Å². The lowest BCUT2D eigenvalue weighted by molar-refractivity contribution is 0.927. The van der Waals surface area contributed by atoms with Gasteiger partial charge >= 0.3 is 0 Å². The number of aryl methyl sites for hydroxylation is 1. The maximum absolute atomic E-state index is 2.34. The molecule has 0 heteroatoms. The maximum Gasteiger partial charge on any atom is -0.0181 e. The van der Waals surface area contributed by atoms with Crippen LogP contribution >= 0.6 is 0 Å². The molecule has 2 aliphatic carbocycles. The largest absolute Gasteiger partial charge is 0.0724 e. The Balaban J connectivity index is 2.03. The third-order valence-corrected chi connectivity index (χ3v) is 3.22. The molecule has 0 bridgehead atoms. The van der Waals surface area contributed by atoms with E-state index in [4.69, 9.17) is 0 Å². The van der Waals surface area contributed by atoms with Crippen molar-refractivity contribution in [2.24, 2.45) is 0 Å². The highest BCUT2D eigenvalue weighted by Crippen LogP contribution is 2.29. The molecule has 0 heterocycles. The van der Waals surface area contributed by atoms with E-state index in [-0.39, 0.29) is 0 Å². The van der Waals surface area contributed by atoms with Crippen molar-refractivity contribution in [3.8, 4) is 0 Å². The fraction of sp³-hybridized carbons (Fsp3) is 0.200. The summed E-state index contributed by atoms with van der Waals surface area (Å²) < 4.78 is 0. The fourth-order valence-electron chi connectivity index (χ4n) is 2.20. The van der Waals surface area contributed by atoms with Gasteiger partial charge in [0.25, 0.3) is 0 Å². The van der Waals surface area contributed by atoms with E-state index in [2.05, 4.69) is 49.4 Å². The minimum absolute atomic E-state index is 1.20. The molecule has 0 unspecified atom stereocenters. The van der Waals surface area contributed by atoms with E-state index in [1.807, 2.05) is 0 Å². The summed E-state index contributed by atoms with van der Waals surface area (Å²) in [5.74, 6) is 0. The lowest BCUT2D eigenvalue weighted by Crippen LogP contribution is -1.99. The SMILES string of the molecule is CC1=Cc2ccc(C3=CC=C3)cc2CC1. The Kier molecular flexibility index (Phi) is 1.88. The van der Waals surface area contributed by atoms with Gasteiger partial charge in [-0.2, -0.15) is 0 Å². The highest BCUT2D eigenvalue weighted by molar-refractivity contribution is 5.82. The zero-order valence-corrected chi connectivity index (χ0v) is 8.96. The molecule has 0 radical (unpaired) electrons. The van der Waals surface area contributed by atoms with Gasteiger partial charge in [-0.05, 0) is 42.0 Å². The summed E-state index contributed by atoms with van der Waals surface area (Å²) in [6.07, 6.45) is 11.2. The summed E-state index contributed by atoms with van der Waals surface area (Å²) >= 11 is 0. The van der Waals surface area contributed by atoms with Crippen LogP contribution in [0.2, 0.25) is 0 Å². The number of rotatable bonds is 1. The van der Waals surface area contributed by atoms with Crippen molar-refractivity contribution < 1.29 is 0 Å². The van der Waals surface area contributed by atoms with E-state index in [0.717, 1.165) is 0 Å². The topological polar surface area (TPSA) is 0 Å². The number of hydrogen-bond donors (Lipinski definition) is 0. The molecule has 0 N–H and O–H groups in total. The molecule has 0 spiro atoms. The zero-order chi connectivity index (χ0) is 10.3. The average molecular weight is 194 g/mol. The normalized spacial score (nSPS) is 17.7. The van der Waals surface area contributed by atoms with Crippen molar-refractivity contribution in [3.63, 3.8) is 0 Å². The average Bonchev–Trinajstić information content (AvgIpc) is 2.15. The van der Waals surface area contributed by atoms with Crippen LogP contribution < -0.4 is 0 Å². The molecule has 0 saturated carbocycles. The minimum atomic E-state index is 1.20. The Labute approximate surface area is 90.6 Å². The van der Waals surface area contributed by atoms with Crippen LogP contribution in [0.4, 0.5) is 0 Å². The fourth-order valence-corrected chi connectivity index (χ4v) is 2.20. The van der Waals surface area contributed by atoms with Gasteiger partial charge < -0.3 is 0 Å². The first-order valence-corrected chi connectivity index (χ1v) is 5.52. The van der Waals surface area contributed by atoms with Gasteiger partial charge in [0.1, 0.15) is 0 Å².